The lowest BCUT2D eigenvalue weighted by Crippen LogP contribution is -2.24. The van der Waals surface area contributed by atoms with E-state index in [0.29, 0.717) is 22.7 Å². The molecule has 1 amide bonds. The van der Waals surface area contributed by atoms with E-state index in [1.165, 1.54) is 11.1 Å². The van der Waals surface area contributed by atoms with E-state index < -0.39 is 5.97 Å². The average Bonchev–Trinajstić information content (AvgIpc) is 3.26. The number of anilines is 1. The molecule has 6 heteroatoms. The number of carbonyl (C=O) groups is 2. The molecule has 0 spiro atoms. The van der Waals surface area contributed by atoms with E-state index in [4.69, 9.17) is 9.47 Å². The molecule has 0 saturated heterocycles. The Kier molecular flexibility index (Phi) is 6.88. The van der Waals surface area contributed by atoms with Gasteiger partial charge < -0.3 is 14.0 Å². The molecule has 3 aromatic rings. The second-order valence-electron chi connectivity index (χ2n) is 8.98. The number of aryl methyl sites for hydroxylation is 3. The van der Waals surface area contributed by atoms with Crippen molar-refractivity contribution in [2.45, 2.75) is 41.5 Å². The van der Waals surface area contributed by atoms with Crippen LogP contribution >= 0.6 is 0 Å². The highest BCUT2D eigenvalue weighted by molar-refractivity contribution is 6.23. The van der Waals surface area contributed by atoms with Crippen molar-refractivity contribution in [2.75, 3.05) is 18.6 Å². The third-order valence-corrected chi connectivity index (χ3v) is 6.64. The fourth-order valence-electron chi connectivity index (χ4n) is 4.92. The summed E-state index contributed by atoms with van der Waals surface area (Å²) in [4.78, 5) is 28.3. The number of esters is 1. The number of methoxy groups -OCH3 is 1. The summed E-state index contributed by atoms with van der Waals surface area (Å²) in [6, 6.07) is 15.5. The first kappa shape index (κ1) is 25.0. The molecule has 0 unspecified atom stereocenters. The van der Waals surface area contributed by atoms with Crippen LogP contribution in [0.4, 0.5) is 5.69 Å². The summed E-state index contributed by atoms with van der Waals surface area (Å²) >= 11 is 0. The molecule has 0 atom stereocenters. The Hall–Kier alpha value is -4.06. The zero-order valence-electron chi connectivity index (χ0n) is 21.9. The molecule has 36 heavy (non-hydrogen) atoms. The van der Waals surface area contributed by atoms with Crippen LogP contribution in [0.1, 0.15) is 41.9 Å². The molecule has 0 radical (unpaired) electrons. The Morgan fingerprint density at radius 2 is 1.61 bits per heavy atom. The molecule has 2 heterocycles. The van der Waals surface area contributed by atoms with Gasteiger partial charge in [-0.3, -0.25) is 9.69 Å². The first-order valence-electron chi connectivity index (χ1n) is 12.0. The lowest BCUT2D eigenvalue weighted by atomic mass is 10.0. The van der Waals surface area contributed by atoms with Crippen molar-refractivity contribution in [2.24, 2.45) is 0 Å². The highest BCUT2D eigenvalue weighted by atomic mass is 16.5. The summed E-state index contributed by atoms with van der Waals surface area (Å²) < 4.78 is 12.8. The van der Waals surface area contributed by atoms with Crippen LogP contribution < -0.4 is 9.64 Å². The predicted octanol–water partition coefficient (Wildman–Crippen LogP) is 5.99. The van der Waals surface area contributed by atoms with Gasteiger partial charge in [0.1, 0.15) is 5.75 Å². The molecular weight excluding hydrogens is 452 g/mol. The summed E-state index contributed by atoms with van der Waals surface area (Å²) in [5, 5.41) is 0. The first-order valence-corrected chi connectivity index (χ1v) is 12.0. The zero-order chi connectivity index (χ0) is 26.1. The van der Waals surface area contributed by atoms with Crippen molar-refractivity contribution in [3.05, 3.63) is 93.5 Å². The zero-order valence-corrected chi connectivity index (χ0v) is 21.9. The lowest BCUT2D eigenvalue weighted by molar-refractivity contribution is -0.138. The lowest BCUT2D eigenvalue weighted by Gasteiger charge is -2.18. The highest BCUT2D eigenvalue weighted by Gasteiger charge is 2.38. The average molecular weight is 485 g/mol. The van der Waals surface area contributed by atoms with Crippen molar-refractivity contribution in [3.63, 3.8) is 0 Å². The number of amides is 1. The highest BCUT2D eigenvalue weighted by Crippen LogP contribution is 2.37. The van der Waals surface area contributed by atoms with Crippen LogP contribution in [0.15, 0.2) is 65.4 Å². The monoisotopic (exact) mass is 484 g/mol. The van der Waals surface area contributed by atoms with Crippen molar-refractivity contribution < 1.29 is 19.1 Å². The largest absolute Gasteiger partial charge is 0.497 e. The fourth-order valence-corrected chi connectivity index (χ4v) is 4.92. The molecule has 2 aromatic carbocycles. The summed E-state index contributed by atoms with van der Waals surface area (Å²) in [6.45, 7) is 12.0. The third-order valence-electron chi connectivity index (χ3n) is 6.64. The van der Waals surface area contributed by atoms with Crippen molar-refractivity contribution in [3.8, 4) is 11.4 Å². The number of hydrogen-bond donors (Lipinski definition) is 0. The summed E-state index contributed by atoms with van der Waals surface area (Å²) in [5.74, 6) is -0.0842. The quantitative estimate of drug-likeness (QED) is 0.319. The number of nitrogens with zero attached hydrogens (tertiary/aromatic N) is 2. The number of ether oxygens (including phenoxy) is 2. The SMILES string of the molecule is CCOC(=O)C1=C(C)N(c2ccc(OC)cc2)C(=O)/C1=C\c1cc(C)n(-c2c(C)cccc2C)c1C. The van der Waals surface area contributed by atoms with E-state index in [0.717, 1.165) is 22.6 Å². The van der Waals surface area contributed by atoms with Gasteiger partial charge in [0, 0.05) is 22.8 Å². The van der Waals surface area contributed by atoms with Gasteiger partial charge in [-0.25, -0.2) is 4.79 Å². The van der Waals surface area contributed by atoms with E-state index >= 15 is 0 Å². The topological polar surface area (TPSA) is 60.8 Å². The maximum absolute atomic E-state index is 13.7. The number of rotatable bonds is 6. The number of allylic oxidation sites excluding steroid dienone is 1. The number of aromatic nitrogens is 1. The molecule has 0 fully saturated rings. The van der Waals surface area contributed by atoms with E-state index in [1.54, 1.807) is 50.1 Å². The molecular formula is C30H32N2O4. The Balaban J connectivity index is 1.86. The Morgan fingerprint density at radius 1 is 0.972 bits per heavy atom. The summed E-state index contributed by atoms with van der Waals surface area (Å²) in [6.07, 6.45) is 1.81. The first-order chi connectivity index (χ1) is 17.2. The molecule has 1 aliphatic rings. The Bertz CT molecular complexity index is 1390. The molecule has 1 aromatic heterocycles. The van der Waals surface area contributed by atoms with E-state index in [9.17, 15) is 9.59 Å². The smallest absolute Gasteiger partial charge is 0.340 e. The molecule has 0 N–H and O–H groups in total. The number of benzene rings is 2. The van der Waals surface area contributed by atoms with Gasteiger partial charge in [-0.05, 0) is 94.6 Å². The summed E-state index contributed by atoms with van der Waals surface area (Å²) in [5.41, 5.74) is 8.20. The van der Waals surface area contributed by atoms with Crippen LogP contribution in [0, 0.1) is 27.7 Å². The molecule has 4 rings (SSSR count). The molecule has 6 nitrogen and oxygen atoms in total. The minimum atomic E-state index is -0.505. The van der Waals surface area contributed by atoms with Gasteiger partial charge in [0.05, 0.1) is 30.6 Å². The van der Waals surface area contributed by atoms with Gasteiger partial charge in [-0.2, -0.15) is 0 Å². The van der Waals surface area contributed by atoms with Crippen molar-refractivity contribution in [1.29, 1.82) is 0 Å². The summed E-state index contributed by atoms with van der Waals surface area (Å²) in [7, 11) is 1.59. The van der Waals surface area contributed by atoms with Crippen LogP contribution in [0.5, 0.6) is 5.75 Å². The molecule has 186 valence electrons. The minimum absolute atomic E-state index is 0.223. The van der Waals surface area contributed by atoms with E-state index in [1.807, 2.05) is 19.9 Å². The van der Waals surface area contributed by atoms with Crippen LogP contribution in [0.25, 0.3) is 11.8 Å². The van der Waals surface area contributed by atoms with Crippen LogP contribution in [-0.4, -0.2) is 30.2 Å². The second-order valence-corrected chi connectivity index (χ2v) is 8.98. The maximum Gasteiger partial charge on any atom is 0.340 e. The molecule has 0 bridgehead atoms. The van der Waals surface area contributed by atoms with Gasteiger partial charge in [0.15, 0.2) is 0 Å². The Labute approximate surface area is 212 Å². The van der Waals surface area contributed by atoms with Gasteiger partial charge in [-0.1, -0.05) is 18.2 Å². The number of carbonyl (C=O) groups excluding carboxylic acids is 2. The molecule has 1 aliphatic heterocycles. The van der Waals surface area contributed by atoms with Crippen LogP contribution in [0.2, 0.25) is 0 Å². The van der Waals surface area contributed by atoms with Gasteiger partial charge in [-0.15, -0.1) is 0 Å². The van der Waals surface area contributed by atoms with Crippen molar-refractivity contribution in [1.82, 2.24) is 4.57 Å². The maximum atomic E-state index is 13.7. The third kappa shape index (κ3) is 4.24. The minimum Gasteiger partial charge on any atom is -0.497 e. The van der Waals surface area contributed by atoms with Gasteiger partial charge in [0.2, 0.25) is 0 Å². The van der Waals surface area contributed by atoms with E-state index in [-0.39, 0.29) is 18.1 Å². The molecule has 0 aliphatic carbocycles. The van der Waals surface area contributed by atoms with Crippen molar-refractivity contribution >= 4 is 23.6 Å². The van der Waals surface area contributed by atoms with Gasteiger partial charge in [0.25, 0.3) is 5.91 Å². The molecule has 0 saturated carbocycles. The van der Waals surface area contributed by atoms with Crippen LogP contribution in [0.3, 0.4) is 0 Å². The number of para-hydroxylation sites is 1. The van der Waals surface area contributed by atoms with E-state index in [2.05, 4.69) is 42.7 Å². The second kappa shape index (κ2) is 9.90. The number of hydrogen-bond acceptors (Lipinski definition) is 4. The standard InChI is InChI=1S/C30H32N2O4/c1-8-36-30(34)27-22(6)32(24-12-14-25(35-7)15-13-24)29(33)26(27)17-23-16-20(4)31(21(23)5)28-18(2)10-9-11-19(28)3/h9-17H,8H2,1-7H3/b26-17-. The Morgan fingerprint density at radius 3 is 2.19 bits per heavy atom. The van der Waals surface area contributed by atoms with Gasteiger partial charge >= 0.3 is 5.97 Å². The normalized spacial score (nSPS) is 14.7. The van der Waals surface area contributed by atoms with Crippen LogP contribution in [-0.2, 0) is 14.3 Å². The predicted molar refractivity (Wildman–Crippen MR) is 143 cm³/mol. The fraction of sp³-hybridized carbons (Fsp3) is 0.267.